The lowest BCUT2D eigenvalue weighted by atomic mass is 10.2. The van der Waals surface area contributed by atoms with Crippen molar-refractivity contribution in [2.45, 2.75) is 32.6 Å². The number of hydrogen-bond donors (Lipinski definition) is 4. The number of urea groups is 1. The maximum absolute atomic E-state index is 12.8. The molecule has 0 radical (unpaired) electrons. The number of aryl methyl sites for hydroxylation is 1. The number of amidine groups is 1. The number of aromatic nitrogens is 4. The van der Waals surface area contributed by atoms with E-state index >= 15 is 0 Å². The lowest BCUT2D eigenvalue weighted by Gasteiger charge is -2.18. The number of carbonyl (C=O) groups is 4. The van der Waals surface area contributed by atoms with Crippen molar-refractivity contribution in [2.24, 2.45) is 0 Å². The van der Waals surface area contributed by atoms with Crippen LogP contribution in [0.1, 0.15) is 40.6 Å². The second kappa shape index (κ2) is 11.5. The Hall–Kier alpha value is -5.09. The predicted octanol–water partition coefficient (Wildman–Crippen LogP) is 1.94. The zero-order chi connectivity index (χ0) is 28.9. The number of amides is 4. The molecule has 4 amide bonds. The van der Waals surface area contributed by atoms with Crippen LogP contribution in [0.2, 0.25) is 0 Å². The first-order valence-electron chi connectivity index (χ1n) is 11.0. The minimum absolute atomic E-state index is 0.0348. The smallest absolute Gasteiger partial charge is 0.361 e. The Bertz CT molecular complexity index is 1420. The van der Waals surface area contributed by atoms with Crippen LogP contribution in [0.15, 0.2) is 35.1 Å². The third-order valence-corrected chi connectivity index (χ3v) is 5.19. The number of imidazole rings is 1. The summed E-state index contributed by atoms with van der Waals surface area (Å²) >= 11 is 0. The number of halogens is 3. The summed E-state index contributed by atoms with van der Waals surface area (Å²) in [5.41, 5.74) is 0.0483. The highest BCUT2D eigenvalue weighted by Crippen LogP contribution is 2.21. The number of hydrogen-bond acceptors (Lipinski definition) is 9. The van der Waals surface area contributed by atoms with E-state index in [2.05, 4.69) is 25.8 Å². The van der Waals surface area contributed by atoms with Crippen LogP contribution in [0.4, 0.5) is 29.6 Å². The van der Waals surface area contributed by atoms with E-state index in [9.17, 15) is 32.3 Å². The summed E-state index contributed by atoms with van der Waals surface area (Å²) in [5, 5.41) is 17.8. The fourth-order valence-corrected chi connectivity index (χ4v) is 3.17. The first kappa shape index (κ1) is 28.5. The zero-order valence-electron chi connectivity index (χ0n) is 20.7. The first-order chi connectivity index (χ1) is 18.3. The molecule has 0 saturated heterocycles. The van der Waals surface area contributed by atoms with Crippen molar-refractivity contribution in [3.05, 3.63) is 53.4 Å². The van der Waals surface area contributed by atoms with Crippen molar-refractivity contribution in [3.63, 3.8) is 0 Å². The second-order valence-electron chi connectivity index (χ2n) is 8.03. The molecule has 3 rings (SSSR count). The van der Waals surface area contributed by atoms with Gasteiger partial charge in [0.15, 0.2) is 17.9 Å². The van der Waals surface area contributed by atoms with E-state index in [1.165, 1.54) is 42.3 Å². The van der Waals surface area contributed by atoms with E-state index in [1.807, 2.05) is 0 Å². The van der Waals surface area contributed by atoms with E-state index in [0.717, 1.165) is 11.0 Å². The molecule has 14 nitrogen and oxygen atoms in total. The van der Waals surface area contributed by atoms with Crippen molar-refractivity contribution < 1.29 is 36.9 Å². The topological polar surface area (TPSA) is 188 Å². The van der Waals surface area contributed by atoms with E-state index in [4.69, 9.17) is 9.93 Å². The largest absolute Gasteiger partial charge is 0.471 e. The van der Waals surface area contributed by atoms with Crippen LogP contribution in [0.25, 0.3) is 0 Å². The lowest BCUT2D eigenvalue weighted by Crippen LogP contribution is -2.40. The maximum atomic E-state index is 12.8. The molecule has 4 N–H and O–H groups in total. The Morgan fingerprint density at radius 1 is 1.28 bits per heavy atom. The fourth-order valence-electron chi connectivity index (χ4n) is 3.17. The molecule has 0 aromatic carbocycles. The molecule has 206 valence electrons. The summed E-state index contributed by atoms with van der Waals surface area (Å²) in [7, 11) is 1.37. The van der Waals surface area contributed by atoms with E-state index in [0.29, 0.717) is 17.7 Å². The number of carbonyl (C=O) groups excluding carboxylic acids is 4. The predicted molar refractivity (Wildman–Crippen MR) is 128 cm³/mol. The Morgan fingerprint density at radius 3 is 2.62 bits per heavy atom. The van der Waals surface area contributed by atoms with Crippen LogP contribution in [0, 0.1) is 12.3 Å². The van der Waals surface area contributed by atoms with Gasteiger partial charge in [-0.05, 0) is 26.0 Å². The van der Waals surface area contributed by atoms with Crippen LogP contribution in [0.5, 0.6) is 0 Å². The lowest BCUT2D eigenvalue weighted by molar-refractivity contribution is -0.171. The van der Waals surface area contributed by atoms with Crippen LogP contribution < -0.4 is 20.9 Å². The van der Waals surface area contributed by atoms with Crippen molar-refractivity contribution >= 4 is 41.6 Å². The molecule has 0 aliphatic heterocycles. The Kier molecular flexibility index (Phi) is 8.42. The van der Waals surface area contributed by atoms with Crippen LogP contribution in [0.3, 0.4) is 0 Å². The molecule has 0 bridgehead atoms. The minimum atomic E-state index is -5.20. The highest BCUT2D eigenvalue weighted by Gasteiger charge is 2.39. The van der Waals surface area contributed by atoms with Crippen LogP contribution in [-0.2, 0) is 16.1 Å². The summed E-state index contributed by atoms with van der Waals surface area (Å²) in [4.78, 5) is 57.3. The van der Waals surface area contributed by atoms with Gasteiger partial charge in [-0.3, -0.25) is 24.7 Å². The molecule has 3 aromatic rings. The standard InChI is InChI=1S/C22H22F3N9O5/c1-11-7-13(32-39-11)8-27-21(38)33(3)18-15(9-35)34(10-28-18)12(2)19(36)30-16-6-4-5-14(29-16)17(26)31-20(37)22(23,24)25/h4-7,9-10,12H,8H2,1-3H3,(H,27,38)(H2,26,31,37)(H,29,30,36)/t12-/m0/s1. The first-order valence-corrected chi connectivity index (χ1v) is 11.0. The van der Waals surface area contributed by atoms with Gasteiger partial charge in [0.05, 0.1) is 12.9 Å². The van der Waals surface area contributed by atoms with Crippen LogP contribution >= 0.6 is 0 Å². The molecule has 0 saturated carbocycles. The number of rotatable bonds is 8. The van der Waals surface area contributed by atoms with Gasteiger partial charge in [0.25, 0.3) is 0 Å². The van der Waals surface area contributed by atoms with Gasteiger partial charge in [0, 0.05) is 13.1 Å². The Labute approximate surface area is 218 Å². The summed E-state index contributed by atoms with van der Waals surface area (Å²) < 4.78 is 43.5. The average molecular weight is 549 g/mol. The summed E-state index contributed by atoms with van der Waals surface area (Å²) in [5.74, 6) is -3.58. The van der Waals surface area contributed by atoms with Crippen molar-refractivity contribution in [3.8, 4) is 0 Å². The molecular formula is C22H22F3N9O5. The molecule has 1 atom stereocenters. The molecule has 3 aromatic heterocycles. The van der Waals surface area contributed by atoms with Crippen LogP contribution in [-0.4, -0.2) is 62.9 Å². The quantitative estimate of drug-likeness (QED) is 0.186. The molecule has 0 unspecified atom stereocenters. The Balaban J connectivity index is 1.69. The van der Waals surface area contributed by atoms with Crippen molar-refractivity contribution in [1.29, 1.82) is 5.41 Å². The van der Waals surface area contributed by atoms with Gasteiger partial charge in [0.1, 0.15) is 34.7 Å². The molecule has 39 heavy (non-hydrogen) atoms. The molecule has 0 spiro atoms. The molecule has 17 heteroatoms. The van der Waals surface area contributed by atoms with Gasteiger partial charge < -0.3 is 25.0 Å². The van der Waals surface area contributed by atoms with Gasteiger partial charge in [0.2, 0.25) is 5.91 Å². The highest BCUT2D eigenvalue weighted by atomic mass is 19.4. The minimum Gasteiger partial charge on any atom is -0.361 e. The van der Waals surface area contributed by atoms with Crippen molar-refractivity contribution in [2.75, 3.05) is 17.3 Å². The normalized spacial score (nSPS) is 11.8. The number of aldehydes is 1. The number of nitrogens with zero attached hydrogens (tertiary/aromatic N) is 5. The number of alkyl halides is 3. The maximum Gasteiger partial charge on any atom is 0.471 e. The van der Waals surface area contributed by atoms with E-state index in [-0.39, 0.29) is 29.6 Å². The second-order valence-corrected chi connectivity index (χ2v) is 8.03. The highest BCUT2D eigenvalue weighted by molar-refractivity contribution is 6.07. The summed E-state index contributed by atoms with van der Waals surface area (Å²) in [6.45, 7) is 3.18. The van der Waals surface area contributed by atoms with Gasteiger partial charge in [-0.1, -0.05) is 11.2 Å². The third-order valence-electron chi connectivity index (χ3n) is 5.19. The average Bonchev–Trinajstić information content (AvgIpc) is 3.51. The summed E-state index contributed by atoms with van der Waals surface area (Å²) in [6, 6.07) is 3.74. The van der Waals surface area contributed by atoms with E-state index in [1.54, 1.807) is 13.0 Å². The molecule has 0 fully saturated rings. The number of nitrogens with one attached hydrogen (secondary N) is 4. The van der Waals surface area contributed by atoms with Crippen molar-refractivity contribution in [1.82, 2.24) is 30.3 Å². The molecule has 0 aliphatic carbocycles. The van der Waals surface area contributed by atoms with Gasteiger partial charge in [-0.25, -0.2) is 14.8 Å². The molecular weight excluding hydrogens is 527 g/mol. The van der Waals surface area contributed by atoms with Gasteiger partial charge in [-0.15, -0.1) is 0 Å². The summed E-state index contributed by atoms with van der Waals surface area (Å²) in [6.07, 6.45) is -3.60. The van der Waals surface area contributed by atoms with E-state index < -0.39 is 35.9 Å². The number of pyridine rings is 1. The SMILES string of the molecule is Cc1cc(CNC(=O)N(C)c2ncn([C@@H](C)C(=O)Nc3cccc(C(=N)NC(=O)C(F)(F)F)n3)c2C=O)no1. The van der Waals surface area contributed by atoms with Gasteiger partial charge >= 0.3 is 18.1 Å². The molecule has 0 aliphatic rings. The third kappa shape index (κ3) is 6.82. The molecule has 3 heterocycles. The monoisotopic (exact) mass is 549 g/mol. The number of anilines is 2. The fraction of sp³-hybridized carbons (Fsp3) is 0.273. The zero-order valence-corrected chi connectivity index (χ0v) is 20.7. The van der Waals surface area contributed by atoms with Gasteiger partial charge in [-0.2, -0.15) is 13.2 Å². The Morgan fingerprint density at radius 2 is 2.00 bits per heavy atom.